The van der Waals surface area contributed by atoms with Crippen molar-refractivity contribution in [3.8, 4) is 0 Å². The second-order valence-corrected chi connectivity index (χ2v) is 2.93. The fourth-order valence-corrected chi connectivity index (χ4v) is 1.12. The van der Waals surface area contributed by atoms with E-state index in [2.05, 4.69) is 11.1 Å². The van der Waals surface area contributed by atoms with Crippen molar-refractivity contribution in [1.82, 2.24) is 10.3 Å². The van der Waals surface area contributed by atoms with E-state index in [4.69, 9.17) is 28.9 Å². The molecule has 3 N–H and O–H groups in total. The number of nitrogens with zero attached hydrogens (tertiary/aromatic N) is 1. The Labute approximate surface area is 121 Å². The van der Waals surface area contributed by atoms with Crippen LogP contribution in [-0.4, -0.2) is 16.9 Å². The number of nitrogens with one attached hydrogen (secondary N) is 1. The van der Waals surface area contributed by atoms with Crippen LogP contribution in [0, 0.1) is 6.07 Å². The van der Waals surface area contributed by atoms with E-state index in [9.17, 15) is 9.59 Å². The van der Waals surface area contributed by atoms with Gasteiger partial charge in [0.05, 0.1) is 5.15 Å². The minimum atomic E-state index is -0.971. The standard InChI is InChI=1S/C7H4Cl2N3O2.Y/c8-4-2-1-3(5(9)11-4)6(13)12-7(10)14;/h1H,(H3,10,12,13,14);/q-1;. The summed E-state index contributed by atoms with van der Waals surface area (Å²) in [7, 11) is 0. The summed E-state index contributed by atoms with van der Waals surface area (Å²) in [6.07, 6.45) is 0. The van der Waals surface area contributed by atoms with Gasteiger partial charge in [-0.05, 0) is 0 Å². The Kier molecular flexibility index (Phi) is 6.28. The zero-order chi connectivity index (χ0) is 10.7. The van der Waals surface area contributed by atoms with Crippen LogP contribution >= 0.6 is 23.2 Å². The van der Waals surface area contributed by atoms with Gasteiger partial charge in [0.2, 0.25) is 0 Å². The molecule has 0 spiro atoms. The normalized spacial score (nSPS) is 8.93. The maximum absolute atomic E-state index is 11.2. The Morgan fingerprint density at radius 3 is 2.53 bits per heavy atom. The number of urea groups is 1. The van der Waals surface area contributed by atoms with Gasteiger partial charge in [-0.2, -0.15) is 0 Å². The first-order valence-electron chi connectivity index (χ1n) is 3.35. The predicted octanol–water partition coefficient (Wildman–Crippen LogP) is 0.995. The van der Waals surface area contributed by atoms with Crippen LogP contribution in [0.1, 0.15) is 10.4 Å². The van der Waals surface area contributed by atoms with Gasteiger partial charge < -0.3 is 5.73 Å². The number of halogens is 2. The second-order valence-electron chi connectivity index (χ2n) is 2.21. The number of carbonyl (C=O) groups excluding carboxylic acids is 2. The molecular formula is C7H4Cl2N3O2Y-. The van der Waals surface area contributed by atoms with Gasteiger partial charge in [0, 0.05) is 37.9 Å². The minimum absolute atomic E-state index is 0. The topological polar surface area (TPSA) is 85.1 Å². The van der Waals surface area contributed by atoms with Crippen LogP contribution in [0.15, 0.2) is 6.07 Å². The molecule has 1 rings (SSSR count). The third-order valence-electron chi connectivity index (χ3n) is 1.24. The molecule has 3 amide bonds. The summed E-state index contributed by atoms with van der Waals surface area (Å²) >= 11 is 11.0. The van der Waals surface area contributed by atoms with E-state index in [1.165, 1.54) is 6.07 Å². The molecule has 77 valence electrons. The number of amides is 3. The Bertz CT molecular complexity index is 400. The number of nitrogens with two attached hydrogens (primary N) is 1. The summed E-state index contributed by atoms with van der Waals surface area (Å²) in [6.45, 7) is 0. The number of pyridine rings is 1. The summed E-state index contributed by atoms with van der Waals surface area (Å²) in [5.74, 6) is -0.747. The van der Waals surface area contributed by atoms with E-state index in [0.29, 0.717) is 0 Å². The molecule has 0 aliphatic heterocycles. The molecule has 1 heterocycles. The van der Waals surface area contributed by atoms with Crippen LogP contribution in [0.4, 0.5) is 4.79 Å². The van der Waals surface area contributed by atoms with Gasteiger partial charge >= 0.3 is 6.03 Å². The zero-order valence-corrected chi connectivity index (χ0v) is 11.6. The molecule has 15 heavy (non-hydrogen) atoms. The van der Waals surface area contributed by atoms with E-state index < -0.39 is 11.9 Å². The van der Waals surface area contributed by atoms with Gasteiger partial charge in [0.1, 0.15) is 0 Å². The fourth-order valence-electron chi connectivity index (χ4n) is 0.708. The van der Waals surface area contributed by atoms with Gasteiger partial charge in [-0.1, -0.05) is 28.8 Å². The molecule has 0 bridgehead atoms. The molecule has 0 aliphatic carbocycles. The van der Waals surface area contributed by atoms with Gasteiger partial charge in [0.15, 0.2) is 5.91 Å². The molecule has 0 saturated heterocycles. The summed E-state index contributed by atoms with van der Waals surface area (Å²) in [5.41, 5.74) is 4.72. The van der Waals surface area contributed by atoms with Crippen molar-refractivity contribution in [1.29, 1.82) is 0 Å². The van der Waals surface area contributed by atoms with Crippen molar-refractivity contribution in [3.05, 3.63) is 28.0 Å². The molecule has 0 atom stereocenters. The number of rotatable bonds is 1. The molecule has 1 aromatic rings. The SMILES string of the molecule is NC(=O)NC(=O)c1c[c-]c(Cl)nc1Cl.[Y]. The number of hydrogen-bond donors (Lipinski definition) is 2. The van der Waals surface area contributed by atoms with Crippen LogP contribution in [0.5, 0.6) is 0 Å². The molecule has 1 radical (unpaired) electrons. The van der Waals surface area contributed by atoms with Crippen LogP contribution < -0.4 is 11.1 Å². The maximum Gasteiger partial charge on any atom is 0.317 e. The number of imide groups is 1. The van der Waals surface area contributed by atoms with E-state index in [1.807, 2.05) is 5.32 Å². The van der Waals surface area contributed by atoms with Crippen molar-refractivity contribution in [2.75, 3.05) is 0 Å². The molecule has 8 heteroatoms. The molecule has 5 nitrogen and oxygen atoms in total. The third kappa shape index (κ3) is 4.42. The molecule has 0 aliphatic rings. The van der Waals surface area contributed by atoms with Gasteiger partial charge in [-0.25, -0.2) is 16.9 Å². The Balaban J connectivity index is 0.00000196. The van der Waals surface area contributed by atoms with Gasteiger partial charge in [0.25, 0.3) is 0 Å². The maximum atomic E-state index is 11.2. The van der Waals surface area contributed by atoms with Crippen molar-refractivity contribution >= 4 is 35.1 Å². The molecule has 0 aromatic carbocycles. The largest absolute Gasteiger partial charge is 0.351 e. The quantitative estimate of drug-likeness (QED) is 0.597. The molecule has 0 fully saturated rings. The number of hydrogen-bond acceptors (Lipinski definition) is 3. The smallest absolute Gasteiger partial charge is 0.317 e. The van der Waals surface area contributed by atoms with Crippen molar-refractivity contribution < 1.29 is 42.3 Å². The number of carbonyl (C=O) groups is 2. The van der Waals surface area contributed by atoms with E-state index in [1.54, 1.807) is 0 Å². The summed E-state index contributed by atoms with van der Waals surface area (Å²) in [6, 6.07) is 2.70. The van der Waals surface area contributed by atoms with Crippen LogP contribution in [0.3, 0.4) is 0 Å². The summed E-state index contributed by atoms with van der Waals surface area (Å²) in [5, 5.41) is 1.75. The first-order chi connectivity index (χ1) is 6.50. The molecule has 1 aromatic heterocycles. The third-order valence-corrected chi connectivity index (χ3v) is 1.72. The molecule has 0 unspecified atom stereocenters. The number of primary amides is 1. The summed E-state index contributed by atoms with van der Waals surface area (Å²) < 4.78 is 0. The van der Waals surface area contributed by atoms with Crippen LogP contribution in [-0.2, 0) is 32.7 Å². The van der Waals surface area contributed by atoms with Crippen LogP contribution in [0.2, 0.25) is 10.3 Å². The fraction of sp³-hybridized carbons (Fsp3) is 0. The minimum Gasteiger partial charge on any atom is -0.351 e. The van der Waals surface area contributed by atoms with Crippen molar-refractivity contribution in [2.45, 2.75) is 0 Å². The van der Waals surface area contributed by atoms with Crippen molar-refractivity contribution in [3.63, 3.8) is 0 Å². The van der Waals surface area contributed by atoms with Crippen molar-refractivity contribution in [2.24, 2.45) is 5.73 Å². The molecule has 0 saturated carbocycles. The van der Waals surface area contributed by atoms with E-state index >= 15 is 0 Å². The van der Waals surface area contributed by atoms with E-state index in [0.717, 1.165) is 0 Å². The Morgan fingerprint density at radius 2 is 2.07 bits per heavy atom. The Morgan fingerprint density at radius 1 is 1.47 bits per heavy atom. The monoisotopic (exact) mass is 321 g/mol. The van der Waals surface area contributed by atoms with Gasteiger partial charge in [-0.15, -0.1) is 0 Å². The number of aromatic nitrogens is 1. The average molecular weight is 322 g/mol. The molecular weight excluding hydrogens is 318 g/mol. The van der Waals surface area contributed by atoms with E-state index in [-0.39, 0.29) is 48.6 Å². The first-order valence-corrected chi connectivity index (χ1v) is 4.11. The first kappa shape index (κ1) is 14.8. The predicted molar refractivity (Wildman–Crippen MR) is 50.1 cm³/mol. The summed E-state index contributed by atoms with van der Waals surface area (Å²) in [4.78, 5) is 25.1. The van der Waals surface area contributed by atoms with Gasteiger partial charge in [-0.3, -0.25) is 15.1 Å². The average Bonchev–Trinajstić information content (AvgIpc) is 2.01. The van der Waals surface area contributed by atoms with Crippen LogP contribution in [0.25, 0.3) is 0 Å². The zero-order valence-electron chi connectivity index (χ0n) is 7.25. The second kappa shape index (κ2) is 6.38. The Hall–Kier alpha value is -0.226.